The molecule has 6 nitrogen and oxygen atoms in total. The molecule has 2 aromatic carbocycles. The van der Waals surface area contributed by atoms with Gasteiger partial charge >= 0.3 is 5.97 Å². The second kappa shape index (κ2) is 10.9. The van der Waals surface area contributed by atoms with Crippen LogP contribution in [0.3, 0.4) is 0 Å². The van der Waals surface area contributed by atoms with E-state index in [4.69, 9.17) is 9.47 Å². The molecule has 0 atom stereocenters. The number of carbonyl (C=O) groups excluding carboxylic acids is 3. The van der Waals surface area contributed by atoms with Crippen molar-refractivity contribution in [3.8, 4) is 5.75 Å². The lowest BCUT2D eigenvalue weighted by Gasteiger charge is -2.10. The van der Waals surface area contributed by atoms with Crippen LogP contribution in [0.15, 0.2) is 48.5 Å². The standard InChI is InChI=1S/C22H25NO5/c1-3-7-16-10-12-17(13-11-16)19(24)15-28-21(25)14-23-22(26)18-8-5-6-9-20(18)27-4-2/h5-6,8-13H,3-4,7,14-15H2,1-2H3,(H,23,26). The Morgan fingerprint density at radius 1 is 0.964 bits per heavy atom. The Balaban J connectivity index is 1.81. The van der Waals surface area contributed by atoms with Gasteiger partial charge in [0.15, 0.2) is 12.4 Å². The van der Waals surface area contributed by atoms with Gasteiger partial charge in [0, 0.05) is 5.56 Å². The van der Waals surface area contributed by atoms with Crippen molar-refractivity contribution < 1.29 is 23.9 Å². The number of ketones is 1. The van der Waals surface area contributed by atoms with Gasteiger partial charge < -0.3 is 14.8 Å². The zero-order valence-electron chi connectivity index (χ0n) is 16.2. The predicted octanol–water partition coefficient (Wildman–Crippen LogP) is 3.19. The van der Waals surface area contributed by atoms with Crippen LogP contribution in [0.4, 0.5) is 0 Å². The summed E-state index contributed by atoms with van der Waals surface area (Å²) in [4.78, 5) is 36.2. The lowest BCUT2D eigenvalue weighted by atomic mass is 10.1. The molecule has 0 heterocycles. The minimum absolute atomic E-state index is 0.288. The first-order chi connectivity index (χ1) is 13.5. The molecule has 0 aliphatic heterocycles. The summed E-state index contributed by atoms with van der Waals surface area (Å²) in [7, 11) is 0. The van der Waals surface area contributed by atoms with E-state index in [9.17, 15) is 14.4 Å². The van der Waals surface area contributed by atoms with Crippen LogP contribution in [0, 0.1) is 0 Å². The Morgan fingerprint density at radius 2 is 1.68 bits per heavy atom. The second-order valence-corrected chi connectivity index (χ2v) is 6.14. The molecule has 1 amide bonds. The molecular formula is C22H25NO5. The summed E-state index contributed by atoms with van der Waals surface area (Å²) in [6.07, 6.45) is 1.99. The van der Waals surface area contributed by atoms with E-state index in [0.717, 1.165) is 18.4 Å². The highest BCUT2D eigenvalue weighted by molar-refractivity contribution is 5.99. The molecule has 28 heavy (non-hydrogen) atoms. The number of benzene rings is 2. The molecular weight excluding hydrogens is 358 g/mol. The third-order valence-electron chi connectivity index (χ3n) is 4.00. The summed E-state index contributed by atoms with van der Waals surface area (Å²) >= 11 is 0. The zero-order valence-corrected chi connectivity index (χ0v) is 16.2. The Hall–Kier alpha value is -3.15. The van der Waals surface area contributed by atoms with Gasteiger partial charge in [-0.3, -0.25) is 14.4 Å². The minimum Gasteiger partial charge on any atom is -0.493 e. The van der Waals surface area contributed by atoms with E-state index in [2.05, 4.69) is 12.2 Å². The van der Waals surface area contributed by atoms with Crippen molar-refractivity contribution in [2.45, 2.75) is 26.7 Å². The summed E-state index contributed by atoms with van der Waals surface area (Å²) in [6.45, 7) is 3.64. The fourth-order valence-electron chi connectivity index (χ4n) is 2.61. The third-order valence-corrected chi connectivity index (χ3v) is 4.00. The highest BCUT2D eigenvalue weighted by Gasteiger charge is 2.15. The minimum atomic E-state index is -0.682. The average Bonchev–Trinajstić information content (AvgIpc) is 2.71. The van der Waals surface area contributed by atoms with Gasteiger partial charge in [0.05, 0.1) is 12.2 Å². The number of rotatable bonds is 10. The molecule has 0 unspecified atom stereocenters. The summed E-state index contributed by atoms with van der Waals surface area (Å²) in [5, 5.41) is 2.48. The van der Waals surface area contributed by atoms with E-state index in [1.54, 1.807) is 36.4 Å². The van der Waals surface area contributed by atoms with Crippen molar-refractivity contribution in [2.75, 3.05) is 19.8 Å². The second-order valence-electron chi connectivity index (χ2n) is 6.14. The quantitative estimate of drug-likeness (QED) is 0.503. The van der Waals surface area contributed by atoms with Crippen LogP contribution in [-0.4, -0.2) is 37.4 Å². The smallest absolute Gasteiger partial charge is 0.325 e. The first-order valence-electron chi connectivity index (χ1n) is 9.33. The first-order valence-corrected chi connectivity index (χ1v) is 9.33. The molecule has 0 fully saturated rings. The number of esters is 1. The van der Waals surface area contributed by atoms with Crippen molar-refractivity contribution in [1.29, 1.82) is 0 Å². The molecule has 0 radical (unpaired) electrons. The fourth-order valence-corrected chi connectivity index (χ4v) is 2.61. The van der Waals surface area contributed by atoms with Crippen molar-refractivity contribution in [3.63, 3.8) is 0 Å². The van der Waals surface area contributed by atoms with E-state index in [0.29, 0.717) is 23.5 Å². The van der Waals surface area contributed by atoms with Crippen LogP contribution >= 0.6 is 0 Å². The van der Waals surface area contributed by atoms with Crippen LogP contribution < -0.4 is 10.1 Å². The summed E-state index contributed by atoms with van der Waals surface area (Å²) in [5.41, 5.74) is 1.98. The van der Waals surface area contributed by atoms with Gasteiger partial charge in [-0.15, -0.1) is 0 Å². The van der Waals surface area contributed by atoms with Gasteiger partial charge in [0.2, 0.25) is 0 Å². The summed E-state index contributed by atoms with van der Waals surface area (Å²) in [5.74, 6) is -0.973. The molecule has 0 aliphatic carbocycles. The molecule has 0 spiro atoms. The van der Waals surface area contributed by atoms with Crippen LogP contribution in [0.2, 0.25) is 0 Å². The van der Waals surface area contributed by atoms with E-state index in [1.807, 2.05) is 19.1 Å². The zero-order chi connectivity index (χ0) is 20.4. The maximum atomic E-state index is 12.2. The summed E-state index contributed by atoms with van der Waals surface area (Å²) < 4.78 is 10.4. The monoisotopic (exact) mass is 383 g/mol. The maximum absolute atomic E-state index is 12.2. The molecule has 6 heteroatoms. The topological polar surface area (TPSA) is 81.7 Å². The van der Waals surface area contributed by atoms with Gasteiger partial charge in [-0.2, -0.15) is 0 Å². The normalized spacial score (nSPS) is 10.2. The van der Waals surface area contributed by atoms with E-state index in [-0.39, 0.29) is 18.9 Å². The van der Waals surface area contributed by atoms with E-state index in [1.165, 1.54) is 0 Å². The van der Waals surface area contributed by atoms with Gasteiger partial charge in [-0.05, 0) is 31.0 Å². The molecule has 2 aromatic rings. The fraction of sp³-hybridized carbons (Fsp3) is 0.318. The number of carbonyl (C=O) groups is 3. The first kappa shape index (κ1) is 21.2. The number of ether oxygens (including phenoxy) is 2. The highest BCUT2D eigenvalue weighted by atomic mass is 16.5. The van der Waals surface area contributed by atoms with Crippen molar-refractivity contribution >= 4 is 17.7 Å². The highest BCUT2D eigenvalue weighted by Crippen LogP contribution is 2.17. The Morgan fingerprint density at radius 3 is 2.36 bits per heavy atom. The van der Waals surface area contributed by atoms with Crippen molar-refractivity contribution in [3.05, 3.63) is 65.2 Å². The molecule has 0 bridgehead atoms. The van der Waals surface area contributed by atoms with Crippen LogP contribution in [0.1, 0.15) is 46.5 Å². The van der Waals surface area contributed by atoms with Crippen LogP contribution in [-0.2, 0) is 16.0 Å². The lowest BCUT2D eigenvalue weighted by molar-refractivity contribution is -0.141. The number of nitrogens with one attached hydrogen (secondary N) is 1. The molecule has 0 saturated heterocycles. The SMILES string of the molecule is CCCc1ccc(C(=O)COC(=O)CNC(=O)c2ccccc2OCC)cc1. The van der Waals surface area contributed by atoms with Crippen LogP contribution in [0.5, 0.6) is 5.75 Å². The van der Waals surface area contributed by atoms with E-state index >= 15 is 0 Å². The van der Waals surface area contributed by atoms with E-state index < -0.39 is 11.9 Å². The third kappa shape index (κ3) is 6.23. The Labute approximate surface area is 164 Å². The largest absolute Gasteiger partial charge is 0.493 e. The van der Waals surface area contributed by atoms with Gasteiger partial charge in [0.1, 0.15) is 12.3 Å². The number of aryl methyl sites for hydroxylation is 1. The van der Waals surface area contributed by atoms with Crippen molar-refractivity contribution in [1.82, 2.24) is 5.32 Å². The lowest BCUT2D eigenvalue weighted by Crippen LogP contribution is -2.31. The number of para-hydroxylation sites is 1. The number of hydrogen-bond donors (Lipinski definition) is 1. The maximum Gasteiger partial charge on any atom is 0.325 e. The van der Waals surface area contributed by atoms with Crippen LogP contribution in [0.25, 0.3) is 0 Å². The van der Waals surface area contributed by atoms with Gasteiger partial charge in [0.25, 0.3) is 5.91 Å². The molecule has 0 aliphatic rings. The molecule has 1 N–H and O–H groups in total. The Bertz CT molecular complexity index is 814. The predicted molar refractivity (Wildman–Crippen MR) is 106 cm³/mol. The molecule has 0 saturated carbocycles. The Kier molecular flexibility index (Phi) is 8.21. The van der Waals surface area contributed by atoms with Gasteiger partial charge in [-0.25, -0.2) is 0 Å². The summed E-state index contributed by atoms with van der Waals surface area (Å²) in [6, 6.07) is 14.0. The van der Waals surface area contributed by atoms with Gasteiger partial charge in [-0.1, -0.05) is 49.7 Å². The van der Waals surface area contributed by atoms with Crippen molar-refractivity contribution in [2.24, 2.45) is 0 Å². The number of amides is 1. The number of Topliss-reactive ketones (excluding diaryl/α,β-unsaturated/α-hetero) is 1. The number of hydrogen-bond acceptors (Lipinski definition) is 5. The molecule has 148 valence electrons. The molecule has 2 rings (SSSR count). The average molecular weight is 383 g/mol. The molecule has 0 aromatic heterocycles.